The monoisotopic (exact) mass is 476 g/mol. The summed E-state index contributed by atoms with van der Waals surface area (Å²) < 4.78 is 0. The largest absolute Gasteiger partial charge is 0.480 e. The van der Waals surface area contributed by atoms with Crippen LogP contribution in [0.2, 0.25) is 0 Å². The molecule has 0 fully saturated rings. The first-order valence-corrected chi connectivity index (χ1v) is 11.3. The summed E-state index contributed by atoms with van der Waals surface area (Å²) in [6.45, 7) is 7.54. The second-order valence-electron chi connectivity index (χ2n) is 7.96. The third-order valence-electron chi connectivity index (χ3n) is 5.34. The average Bonchev–Trinajstić information content (AvgIpc) is 2.71. The van der Waals surface area contributed by atoms with E-state index in [9.17, 15) is 34.5 Å². The summed E-state index contributed by atoms with van der Waals surface area (Å²) in [5, 5.41) is 36.8. The van der Waals surface area contributed by atoms with Gasteiger partial charge in [0, 0.05) is 38.8 Å². The fourth-order valence-electron chi connectivity index (χ4n) is 3.69. The number of likely N-dealkylation sites (N-methyl/N-ethyl adjacent to an activating group) is 2. The lowest BCUT2D eigenvalue weighted by atomic mass is 10.1. The maximum Gasteiger partial charge on any atom is 0.317 e. The summed E-state index contributed by atoms with van der Waals surface area (Å²) in [6, 6.07) is -0.144. The van der Waals surface area contributed by atoms with Gasteiger partial charge in [-0.3, -0.25) is 38.8 Å². The molecule has 0 aromatic carbocycles. The lowest BCUT2D eigenvalue weighted by molar-refractivity contribution is -0.141. The molecule has 192 valence electrons. The predicted molar refractivity (Wildman–Crippen MR) is 121 cm³/mol. The van der Waals surface area contributed by atoms with Gasteiger partial charge in [0.05, 0.1) is 26.2 Å². The minimum atomic E-state index is -1.02. The first-order valence-electron chi connectivity index (χ1n) is 11.3. The zero-order valence-corrected chi connectivity index (χ0v) is 20.0. The maximum absolute atomic E-state index is 11.4. The van der Waals surface area contributed by atoms with Crippen molar-refractivity contribution >= 4 is 23.9 Å². The molecule has 0 spiro atoms. The molecule has 0 aromatic heterocycles. The Hall–Kier alpha value is -2.28. The van der Waals surface area contributed by atoms with Crippen molar-refractivity contribution in [3.05, 3.63) is 0 Å². The van der Waals surface area contributed by atoms with Crippen molar-refractivity contribution in [1.29, 1.82) is 0 Å². The third kappa shape index (κ3) is 15.2. The Balaban J connectivity index is 5.26. The van der Waals surface area contributed by atoms with Crippen LogP contribution in [-0.4, -0.2) is 142 Å². The normalized spacial score (nSPS) is 12.6. The van der Waals surface area contributed by atoms with Crippen LogP contribution in [0.5, 0.6) is 0 Å². The van der Waals surface area contributed by atoms with Crippen LogP contribution in [0.4, 0.5) is 0 Å². The summed E-state index contributed by atoms with van der Waals surface area (Å²) >= 11 is 0. The van der Waals surface area contributed by atoms with Gasteiger partial charge >= 0.3 is 23.9 Å². The SMILES string of the molecule is CCCC(CN(CCN(CCN(CC)CC(=O)O)CC(=O)O)CC(=O)O)N(CC)CC(=O)O. The fraction of sp³-hybridized carbons (Fsp3) is 0.810. The topological polar surface area (TPSA) is 162 Å². The quantitative estimate of drug-likeness (QED) is 0.172. The molecule has 33 heavy (non-hydrogen) atoms. The summed E-state index contributed by atoms with van der Waals surface area (Å²) in [7, 11) is 0. The van der Waals surface area contributed by atoms with E-state index in [1.807, 2.05) is 20.8 Å². The lowest BCUT2D eigenvalue weighted by Crippen LogP contribution is -2.49. The molecule has 0 rings (SSSR count). The van der Waals surface area contributed by atoms with Crippen LogP contribution in [-0.2, 0) is 19.2 Å². The molecule has 0 aromatic rings. The van der Waals surface area contributed by atoms with E-state index < -0.39 is 23.9 Å². The molecule has 0 aliphatic carbocycles. The van der Waals surface area contributed by atoms with Gasteiger partial charge in [-0.1, -0.05) is 27.2 Å². The Bertz CT molecular complexity index is 619. The second-order valence-corrected chi connectivity index (χ2v) is 7.96. The van der Waals surface area contributed by atoms with E-state index >= 15 is 0 Å². The zero-order valence-electron chi connectivity index (χ0n) is 20.0. The van der Waals surface area contributed by atoms with Crippen molar-refractivity contribution in [3.8, 4) is 0 Å². The number of rotatable bonds is 21. The molecule has 4 N–H and O–H groups in total. The van der Waals surface area contributed by atoms with Gasteiger partial charge in [-0.15, -0.1) is 0 Å². The van der Waals surface area contributed by atoms with Crippen molar-refractivity contribution in [1.82, 2.24) is 19.6 Å². The summed E-state index contributed by atoms with van der Waals surface area (Å²) in [5.41, 5.74) is 0. The molecule has 0 heterocycles. The van der Waals surface area contributed by atoms with Gasteiger partial charge in [-0.25, -0.2) is 0 Å². The van der Waals surface area contributed by atoms with Gasteiger partial charge in [0.15, 0.2) is 0 Å². The van der Waals surface area contributed by atoms with E-state index in [0.29, 0.717) is 39.1 Å². The van der Waals surface area contributed by atoms with Crippen LogP contribution in [0, 0.1) is 0 Å². The molecule has 0 bridgehead atoms. The minimum absolute atomic E-state index is 0.135. The summed E-state index contributed by atoms with van der Waals surface area (Å²) in [5.74, 6) is -3.95. The molecule has 0 saturated carbocycles. The molecular weight excluding hydrogens is 436 g/mol. The van der Waals surface area contributed by atoms with Gasteiger partial charge in [0.1, 0.15) is 0 Å². The van der Waals surface area contributed by atoms with E-state index in [-0.39, 0.29) is 45.3 Å². The molecule has 1 atom stereocenters. The molecule has 0 radical (unpaired) electrons. The molecule has 0 aliphatic rings. The first-order chi connectivity index (χ1) is 15.5. The molecule has 1 unspecified atom stereocenters. The number of nitrogens with zero attached hydrogens (tertiary/aromatic N) is 4. The highest BCUT2D eigenvalue weighted by Crippen LogP contribution is 2.10. The average molecular weight is 477 g/mol. The predicted octanol–water partition coefficient (Wildman–Crippen LogP) is -0.259. The van der Waals surface area contributed by atoms with E-state index in [0.717, 1.165) is 6.42 Å². The fourth-order valence-corrected chi connectivity index (χ4v) is 3.69. The smallest absolute Gasteiger partial charge is 0.317 e. The Morgan fingerprint density at radius 2 is 1.03 bits per heavy atom. The Kier molecular flexibility index (Phi) is 16.0. The molecule has 12 nitrogen and oxygen atoms in total. The molecular formula is C21H40N4O8. The third-order valence-corrected chi connectivity index (χ3v) is 5.34. The number of aliphatic carboxylic acids is 4. The first kappa shape index (κ1) is 30.7. The number of hydrogen-bond donors (Lipinski definition) is 4. The Morgan fingerprint density at radius 3 is 1.45 bits per heavy atom. The van der Waals surface area contributed by atoms with E-state index in [1.54, 1.807) is 19.6 Å². The van der Waals surface area contributed by atoms with Gasteiger partial charge in [-0.2, -0.15) is 0 Å². The van der Waals surface area contributed by atoms with Gasteiger partial charge in [0.25, 0.3) is 0 Å². The van der Waals surface area contributed by atoms with Crippen molar-refractivity contribution < 1.29 is 39.6 Å². The lowest BCUT2D eigenvalue weighted by Gasteiger charge is -2.34. The molecule has 0 aliphatic heterocycles. The molecule has 0 saturated heterocycles. The maximum atomic E-state index is 11.4. The van der Waals surface area contributed by atoms with Crippen LogP contribution < -0.4 is 0 Å². The van der Waals surface area contributed by atoms with Crippen LogP contribution in [0.1, 0.15) is 33.6 Å². The number of hydrogen-bond acceptors (Lipinski definition) is 8. The highest BCUT2D eigenvalue weighted by atomic mass is 16.4. The Labute approximate surface area is 195 Å². The van der Waals surface area contributed by atoms with Gasteiger partial charge < -0.3 is 20.4 Å². The Morgan fingerprint density at radius 1 is 0.606 bits per heavy atom. The van der Waals surface area contributed by atoms with Crippen molar-refractivity contribution in [2.75, 3.05) is 72.0 Å². The number of carbonyl (C=O) groups is 4. The number of carboxylic acid groups (broad SMARTS) is 4. The van der Waals surface area contributed by atoms with E-state index in [1.165, 1.54) is 0 Å². The van der Waals surface area contributed by atoms with E-state index in [4.69, 9.17) is 5.11 Å². The highest BCUT2D eigenvalue weighted by Gasteiger charge is 2.23. The van der Waals surface area contributed by atoms with Gasteiger partial charge in [0.2, 0.25) is 0 Å². The minimum Gasteiger partial charge on any atom is -0.480 e. The van der Waals surface area contributed by atoms with Crippen molar-refractivity contribution in [2.24, 2.45) is 0 Å². The van der Waals surface area contributed by atoms with Crippen molar-refractivity contribution in [3.63, 3.8) is 0 Å². The van der Waals surface area contributed by atoms with Crippen LogP contribution >= 0.6 is 0 Å². The highest BCUT2D eigenvalue weighted by molar-refractivity contribution is 5.70. The van der Waals surface area contributed by atoms with Gasteiger partial charge in [-0.05, 0) is 19.5 Å². The molecule has 12 heteroatoms. The second kappa shape index (κ2) is 17.2. The van der Waals surface area contributed by atoms with Crippen LogP contribution in [0.15, 0.2) is 0 Å². The standard InChI is InChI=1S/C21H40N4O8/c1-4-7-17(25(6-3)16-21(32)33)12-24(15-20(30)31)11-10-23(14-19(28)29)9-8-22(5-2)13-18(26)27/h17H,4-16H2,1-3H3,(H,26,27)(H,28,29)(H,30,31)(H,32,33). The molecule has 0 amide bonds. The summed E-state index contributed by atoms with van der Waals surface area (Å²) in [6.07, 6.45) is 1.51. The zero-order chi connectivity index (χ0) is 25.4. The van der Waals surface area contributed by atoms with E-state index in [2.05, 4.69) is 0 Å². The van der Waals surface area contributed by atoms with Crippen LogP contribution in [0.3, 0.4) is 0 Å². The van der Waals surface area contributed by atoms with Crippen molar-refractivity contribution in [2.45, 2.75) is 39.7 Å². The summed E-state index contributed by atoms with van der Waals surface area (Å²) in [4.78, 5) is 51.8. The number of carboxylic acids is 4. The van der Waals surface area contributed by atoms with Crippen LogP contribution in [0.25, 0.3) is 0 Å².